The molecule has 0 aliphatic carbocycles. The van der Waals surface area contributed by atoms with Crippen molar-refractivity contribution < 1.29 is 0 Å². The van der Waals surface area contributed by atoms with Crippen LogP contribution in [-0.4, -0.2) is 28.2 Å². The zero-order chi connectivity index (χ0) is 9.83. The van der Waals surface area contributed by atoms with Crippen molar-refractivity contribution in [2.75, 3.05) is 0 Å². The van der Waals surface area contributed by atoms with Crippen LogP contribution in [0.3, 0.4) is 0 Å². The third-order valence-corrected chi connectivity index (χ3v) is 7.40. The molecule has 1 aliphatic heterocycles. The van der Waals surface area contributed by atoms with Gasteiger partial charge in [-0.1, -0.05) is 0 Å². The molecule has 3 aromatic rings. The van der Waals surface area contributed by atoms with E-state index in [4.69, 9.17) is 4.98 Å². The molecule has 0 unspecified atom stereocenters. The number of hydrogen-bond acceptors (Lipinski definition) is 1. The Hall–Kier alpha value is -1.01. The van der Waals surface area contributed by atoms with E-state index in [0.717, 1.165) is 0 Å². The summed E-state index contributed by atoms with van der Waals surface area (Å²) in [4.78, 5) is 4.78. The molecule has 0 atom stereocenters. The first-order chi connectivity index (χ1) is 7.43. The SMILES string of the molecule is c1ccc2c(c1)[c]1nc3[c](cccc32)[Bi]1. The minimum atomic E-state index is -0.691. The van der Waals surface area contributed by atoms with Gasteiger partial charge in [0.15, 0.2) is 0 Å². The molecule has 4 rings (SSSR count). The Bertz CT molecular complexity index is 688. The van der Waals surface area contributed by atoms with Crippen molar-refractivity contribution in [3.63, 3.8) is 0 Å². The van der Waals surface area contributed by atoms with E-state index in [1.165, 1.54) is 25.1 Å². The van der Waals surface area contributed by atoms with Gasteiger partial charge < -0.3 is 0 Å². The van der Waals surface area contributed by atoms with Crippen LogP contribution in [0.15, 0.2) is 42.5 Å². The molecule has 0 saturated carbocycles. The van der Waals surface area contributed by atoms with Crippen LogP contribution in [0.4, 0.5) is 0 Å². The molecule has 0 saturated heterocycles. The maximum atomic E-state index is 4.78. The Morgan fingerprint density at radius 1 is 0.800 bits per heavy atom. The molecule has 2 heteroatoms. The molecule has 69 valence electrons. The van der Waals surface area contributed by atoms with Crippen molar-refractivity contribution in [3.05, 3.63) is 42.5 Å². The predicted octanol–water partition coefficient (Wildman–Crippen LogP) is 1.36. The molecule has 1 aliphatic rings. The van der Waals surface area contributed by atoms with E-state index in [9.17, 15) is 0 Å². The van der Waals surface area contributed by atoms with Crippen LogP contribution >= 0.6 is 0 Å². The summed E-state index contributed by atoms with van der Waals surface area (Å²) in [6.45, 7) is 0. The number of rotatable bonds is 0. The summed E-state index contributed by atoms with van der Waals surface area (Å²) < 4.78 is 2.97. The van der Waals surface area contributed by atoms with Crippen LogP contribution in [-0.2, 0) is 0 Å². The quantitative estimate of drug-likeness (QED) is 0.329. The Morgan fingerprint density at radius 3 is 2.53 bits per heavy atom. The van der Waals surface area contributed by atoms with E-state index >= 15 is 0 Å². The number of hydrogen-bond donors (Lipinski definition) is 0. The van der Waals surface area contributed by atoms with E-state index in [1.54, 1.807) is 3.27 Å². The molecule has 1 nitrogen and oxygen atoms in total. The summed E-state index contributed by atoms with van der Waals surface area (Å²) in [5.41, 5.74) is 1.28. The summed E-state index contributed by atoms with van der Waals surface area (Å²) in [6, 6.07) is 15.3. The van der Waals surface area contributed by atoms with Crippen molar-refractivity contribution in [2.24, 2.45) is 0 Å². The fourth-order valence-corrected chi connectivity index (χ4v) is 6.63. The first kappa shape index (κ1) is 8.18. The molecule has 2 heterocycles. The molecule has 1 aromatic heterocycles. The molecular weight excluding hydrogens is 379 g/mol. The van der Waals surface area contributed by atoms with Gasteiger partial charge in [0.1, 0.15) is 0 Å². The molecule has 0 spiro atoms. The second-order valence-electron chi connectivity index (χ2n) is 3.77. The van der Waals surface area contributed by atoms with Crippen molar-refractivity contribution >= 4 is 51.6 Å². The number of pyridine rings is 1. The van der Waals surface area contributed by atoms with Gasteiger partial charge in [-0.2, -0.15) is 0 Å². The summed E-state index contributed by atoms with van der Waals surface area (Å²) in [6.07, 6.45) is 0. The number of benzene rings is 2. The van der Waals surface area contributed by atoms with Crippen molar-refractivity contribution in [3.8, 4) is 0 Å². The van der Waals surface area contributed by atoms with Crippen molar-refractivity contribution in [1.82, 2.24) is 4.98 Å². The Morgan fingerprint density at radius 2 is 1.60 bits per heavy atom. The van der Waals surface area contributed by atoms with E-state index in [1.807, 2.05) is 0 Å². The maximum absolute atomic E-state index is 4.78. The first-order valence-corrected chi connectivity index (χ1v) is 8.44. The van der Waals surface area contributed by atoms with Gasteiger partial charge in [0.2, 0.25) is 0 Å². The summed E-state index contributed by atoms with van der Waals surface area (Å²) in [5.74, 6) is 0. The van der Waals surface area contributed by atoms with E-state index in [-0.39, 0.29) is 0 Å². The molecule has 2 bridgehead atoms. The normalized spacial score (nSPS) is 13.1. The molecule has 0 amide bonds. The van der Waals surface area contributed by atoms with Gasteiger partial charge in [0, 0.05) is 0 Å². The van der Waals surface area contributed by atoms with E-state index in [0.29, 0.717) is 0 Å². The van der Waals surface area contributed by atoms with Crippen molar-refractivity contribution in [2.45, 2.75) is 0 Å². The Labute approximate surface area is 98.7 Å². The molecule has 1 radical (unpaired) electrons. The average Bonchev–Trinajstić information content (AvgIpc) is 2.70. The molecule has 2 aromatic carbocycles. The van der Waals surface area contributed by atoms with Crippen LogP contribution in [0, 0.1) is 0 Å². The monoisotopic (exact) mass is 386 g/mol. The fraction of sp³-hybridized carbons (Fsp3) is 0. The van der Waals surface area contributed by atoms with Crippen LogP contribution in [0.1, 0.15) is 0 Å². The van der Waals surface area contributed by atoms with Gasteiger partial charge in [-0.05, 0) is 0 Å². The van der Waals surface area contributed by atoms with Crippen LogP contribution in [0.25, 0.3) is 21.7 Å². The van der Waals surface area contributed by atoms with Crippen LogP contribution in [0.2, 0.25) is 0 Å². The van der Waals surface area contributed by atoms with Gasteiger partial charge in [-0.3, -0.25) is 0 Å². The zero-order valence-electron chi connectivity index (χ0n) is 7.94. The second-order valence-corrected chi connectivity index (χ2v) is 8.16. The van der Waals surface area contributed by atoms with Gasteiger partial charge in [0.05, 0.1) is 0 Å². The average molecular weight is 386 g/mol. The van der Waals surface area contributed by atoms with E-state index in [2.05, 4.69) is 42.5 Å². The Kier molecular flexibility index (Phi) is 1.51. The molecule has 15 heavy (non-hydrogen) atoms. The van der Waals surface area contributed by atoms with Gasteiger partial charge in [-0.25, -0.2) is 0 Å². The predicted molar refractivity (Wildman–Crippen MR) is 64.3 cm³/mol. The fourth-order valence-electron chi connectivity index (χ4n) is 2.23. The number of fused-ring (bicyclic) bond motifs is 4. The van der Waals surface area contributed by atoms with Gasteiger partial charge in [0.25, 0.3) is 0 Å². The zero-order valence-corrected chi connectivity index (χ0v) is 11.4. The molecule has 0 fully saturated rings. The number of aromatic nitrogens is 1. The summed E-state index contributed by atoms with van der Waals surface area (Å²) in [7, 11) is 0. The van der Waals surface area contributed by atoms with Crippen LogP contribution < -0.4 is 6.67 Å². The Balaban J connectivity index is 2.41. The summed E-state index contributed by atoms with van der Waals surface area (Å²) >= 11 is -0.691. The second kappa shape index (κ2) is 2.77. The third kappa shape index (κ3) is 0.982. The first-order valence-electron chi connectivity index (χ1n) is 4.97. The van der Waals surface area contributed by atoms with Gasteiger partial charge in [-0.15, -0.1) is 0 Å². The third-order valence-electron chi connectivity index (χ3n) is 2.92. The molecule has 0 N–H and O–H groups in total. The summed E-state index contributed by atoms with van der Waals surface area (Å²) in [5, 5.41) is 4.12. The molecular formula is C13H7BiN. The minimum absolute atomic E-state index is 0.691. The number of nitrogens with zero attached hydrogens (tertiary/aromatic N) is 1. The van der Waals surface area contributed by atoms with Crippen molar-refractivity contribution in [1.29, 1.82) is 0 Å². The van der Waals surface area contributed by atoms with Crippen LogP contribution in [0.5, 0.6) is 0 Å². The van der Waals surface area contributed by atoms with Gasteiger partial charge >= 0.3 is 99.0 Å². The van der Waals surface area contributed by atoms with E-state index < -0.39 is 23.2 Å². The standard InChI is InChI=1S/C13H7N.Bi/c1-2-6-11-10(5-1)9-14-13-8-4-3-7-12(11)13;/h1-7H;. The topological polar surface area (TPSA) is 12.9 Å². The number of para-hydroxylation sites is 1.